The van der Waals surface area contributed by atoms with Crippen molar-refractivity contribution >= 4 is 39.2 Å². The van der Waals surface area contributed by atoms with Gasteiger partial charge in [-0.05, 0) is 45.1 Å². The van der Waals surface area contributed by atoms with Crippen LogP contribution in [0.4, 0.5) is 11.4 Å². The highest BCUT2D eigenvalue weighted by Gasteiger charge is 2.33. The number of ether oxygens (including phenoxy) is 2. The maximum absolute atomic E-state index is 12.6. The zero-order valence-electron chi connectivity index (χ0n) is 16.7. The van der Waals surface area contributed by atoms with Gasteiger partial charge in [-0.1, -0.05) is 26.8 Å². The Morgan fingerprint density at radius 1 is 1.10 bits per heavy atom. The van der Waals surface area contributed by atoms with E-state index in [0.29, 0.717) is 4.47 Å². The lowest BCUT2D eigenvalue weighted by Gasteiger charge is -2.26. The van der Waals surface area contributed by atoms with Gasteiger partial charge in [0, 0.05) is 16.7 Å². The molecule has 8 nitrogen and oxygen atoms in total. The van der Waals surface area contributed by atoms with Gasteiger partial charge in [0.2, 0.25) is 0 Å². The Bertz CT molecular complexity index is 956. The summed E-state index contributed by atoms with van der Waals surface area (Å²) in [7, 11) is 2.34. The van der Waals surface area contributed by atoms with E-state index in [2.05, 4.69) is 15.9 Å². The Balaban J connectivity index is 2.88. The number of methoxy groups -OCH3 is 2. The van der Waals surface area contributed by atoms with E-state index in [9.17, 15) is 19.7 Å². The number of benzene rings is 1. The minimum absolute atomic E-state index is 0.0877. The van der Waals surface area contributed by atoms with Crippen molar-refractivity contribution in [3.63, 3.8) is 0 Å². The lowest BCUT2D eigenvalue weighted by Crippen LogP contribution is -2.28. The number of halogens is 1. The summed E-state index contributed by atoms with van der Waals surface area (Å²) >= 11 is 3.40. The number of nitro benzene ring substituents is 1. The number of esters is 2. The molecule has 0 saturated heterocycles. The number of nitrogens with zero attached hydrogens (tertiary/aromatic N) is 2. The van der Waals surface area contributed by atoms with Gasteiger partial charge in [0.25, 0.3) is 5.69 Å². The molecule has 0 unspecified atom stereocenters. The van der Waals surface area contributed by atoms with Gasteiger partial charge < -0.3 is 14.4 Å². The number of hydrogen-bond donors (Lipinski definition) is 0. The second-order valence-corrected chi connectivity index (χ2v) is 8.00. The summed E-state index contributed by atoms with van der Waals surface area (Å²) in [6.07, 6.45) is 5.91. The van der Waals surface area contributed by atoms with Gasteiger partial charge in [0.05, 0.1) is 24.7 Å². The Hall–Kier alpha value is -2.94. The Morgan fingerprint density at radius 2 is 1.72 bits per heavy atom. The molecular weight excluding hydrogens is 444 g/mol. The Morgan fingerprint density at radius 3 is 2.24 bits per heavy atom. The SMILES string of the molecule is COC(=O)C1=C(C(=O)OC)N(c2c(Br)cc(C(C)(C)C)cc2[N+](=O)[O-])C=CC=C1. The molecule has 1 aromatic rings. The average Bonchev–Trinajstić information content (AvgIpc) is 2.87. The van der Waals surface area contributed by atoms with E-state index in [4.69, 9.17) is 9.47 Å². The van der Waals surface area contributed by atoms with Gasteiger partial charge in [-0.25, -0.2) is 9.59 Å². The summed E-state index contributed by atoms with van der Waals surface area (Å²) in [5.41, 5.74) is -0.0536. The molecule has 2 rings (SSSR count). The first-order chi connectivity index (χ1) is 13.5. The molecule has 0 atom stereocenters. The molecule has 0 fully saturated rings. The van der Waals surface area contributed by atoms with Gasteiger partial charge >= 0.3 is 11.9 Å². The second kappa shape index (κ2) is 8.60. The first kappa shape index (κ1) is 22.4. The molecule has 0 spiro atoms. The molecule has 0 aromatic heterocycles. The quantitative estimate of drug-likeness (QED) is 0.374. The fraction of sp³-hybridized carbons (Fsp3) is 0.300. The van der Waals surface area contributed by atoms with Crippen molar-refractivity contribution in [2.75, 3.05) is 19.1 Å². The van der Waals surface area contributed by atoms with Crippen LogP contribution in [0.15, 0.2) is 52.3 Å². The van der Waals surface area contributed by atoms with Crippen LogP contribution >= 0.6 is 15.9 Å². The summed E-state index contributed by atoms with van der Waals surface area (Å²) in [5.74, 6) is -1.62. The van der Waals surface area contributed by atoms with Crippen LogP contribution in [0.1, 0.15) is 26.3 Å². The van der Waals surface area contributed by atoms with E-state index < -0.39 is 16.9 Å². The van der Waals surface area contributed by atoms with Crippen LogP contribution in [0.25, 0.3) is 0 Å². The maximum Gasteiger partial charge on any atom is 0.355 e. The molecule has 1 aliphatic rings. The van der Waals surface area contributed by atoms with Crippen LogP contribution in [0.3, 0.4) is 0 Å². The van der Waals surface area contributed by atoms with Gasteiger partial charge in [-0.3, -0.25) is 10.1 Å². The van der Waals surface area contributed by atoms with Gasteiger partial charge in [-0.15, -0.1) is 0 Å². The van der Waals surface area contributed by atoms with Crippen LogP contribution in [-0.4, -0.2) is 31.1 Å². The molecule has 0 aliphatic carbocycles. The average molecular weight is 465 g/mol. The predicted molar refractivity (Wildman–Crippen MR) is 111 cm³/mol. The number of allylic oxidation sites excluding steroid dienone is 2. The molecule has 154 valence electrons. The third-order valence-corrected chi connectivity index (χ3v) is 4.84. The zero-order valence-corrected chi connectivity index (χ0v) is 18.3. The molecule has 29 heavy (non-hydrogen) atoms. The largest absolute Gasteiger partial charge is 0.465 e. The fourth-order valence-corrected chi connectivity index (χ4v) is 3.37. The molecule has 0 bridgehead atoms. The number of carbonyl (C=O) groups is 2. The van der Waals surface area contributed by atoms with E-state index in [1.165, 1.54) is 36.4 Å². The van der Waals surface area contributed by atoms with E-state index in [0.717, 1.165) is 12.7 Å². The smallest absolute Gasteiger partial charge is 0.355 e. The standard InChI is InChI=1S/C20H21BrN2O6/c1-20(2,3)12-10-14(21)17(15(11-12)23(26)27)22-9-7-6-8-13(18(24)28-4)16(22)19(25)29-5/h6-11H,1-5H3. The molecule has 1 aromatic carbocycles. The molecule has 0 saturated carbocycles. The van der Waals surface area contributed by atoms with E-state index in [-0.39, 0.29) is 28.1 Å². The first-order valence-corrected chi connectivity index (χ1v) is 9.35. The molecular formula is C20H21BrN2O6. The van der Waals surface area contributed by atoms with Crippen LogP contribution in [0.2, 0.25) is 0 Å². The van der Waals surface area contributed by atoms with Crippen molar-refractivity contribution in [2.45, 2.75) is 26.2 Å². The molecule has 9 heteroatoms. The van der Waals surface area contributed by atoms with E-state index >= 15 is 0 Å². The van der Waals surface area contributed by atoms with Crippen molar-refractivity contribution < 1.29 is 24.0 Å². The first-order valence-electron chi connectivity index (χ1n) is 8.56. The van der Waals surface area contributed by atoms with Crippen LogP contribution in [0.5, 0.6) is 0 Å². The van der Waals surface area contributed by atoms with E-state index in [1.54, 1.807) is 12.1 Å². The third-order valence-electron chi connectivity index (χ3n) is 4.24. The highest BCUT2D eigenvalue weighted by atomic mass is 79.9. The minimum Gasteiger partial charge on any atom is -0.465 e. The summed E-state index contributed by atoms with van der Waals surface area (Å²) in [4.78, 5) is 37.5. The Kier molecular flexibility index (Phi) is 6.63. The lowest BCUT2D eigenvalue weighted by atomic mass is 9.86. The van der Waals surface area contributed by atoms with Crippen LogP contribution < -0.4 is 4.90 Å². The number of anilines is 1. The lowest BCUT2D eigenvalue weighted by molar-refractivity contribution is -0.384. The highest BCUT2D eigenvalue weighted by molar-refractivity contribution is 9.10. The Labute approximate surface area is 176 Å². The predicted octanol–water partition coefficient (Wildman–Crippen LogP) is 4.14. The zero-order chi connectivity index (χ0) is 21.9. The van der Waals surface area contributed by atoms with Crippen molar-refractivity contribution in [3.05, 3.63) is 68.0 Å². The number of hydrogen-bond acceptors (Lipinski definition) is 7. The molecule has 0 amide bonds. The summed E-state index contributed by atoms with van der Waals surface area (Å²) in [6.45, 7) is 5.80. The van der Waals surface area contributed by atoms with Crippen molar-refractivity contribution in [3.8, 4) is 0 Å². The van der Waals surface area contributed by atoms with Crippen molar-refractivity contribution in [1.82, 2.24) is 0 Å². The third kappa shape index (κ3) is 4.56. The molecule has 0 N–H and O–H groups in total. The molecule has 1 heterocycles. The topological polar surface area (TPSA) is 99.0 Å². The second-order valence-electron chi connectivity index (χ2n) is 7.15. The molecule has 0 radical (unpaired) electrons. The van der Waals surface area contributed by atoms with Crippen LogP contribution in [0, 0.1) is 10.1 Å². The van der Waals surface area contributed by atoms with Gasteiger partial charge in [-0.2, -0.15) is 0 Å². The summed E-state index contributed by atoms with van der Waals surface area (Å²) in [6, 6.07) is 3.21. The minimum atomic E-state index is -0.845. The van der Waals surface area contributed by atoms with Crippen molar-refractivity contribution in [1.29, 1.82) is 0 Å². The molecule has 1 aliphatic heterocycles. The van der Waals surface area contributed by atoms with Gasteiger partial charge in [0.15, 0.2) is 0 Å². The number of nitro groups is 1. The monoisotopic (exact) mass is 464 g/mol. The van der Waals surface area contributed by atoms with E-state index in [1.807, 2.05) is 20.8 Å². The normalized spacial score (nSPS) is 13.9. The summed E-state index contributed by atoms with van der Waals surface area (Å²) < 4.78 is 9.99. The highest BCUT2D eigenvalue weighted by Crippen LogP contribution is 2.42. The fourth-order valence-electron chi connectivity index (χ4n) is 2.73. The number of rotatable bonds is 4. The van der Waals surface area contributed by atoms with Crippen LogP contribution in [-0.2, 0) is 24.5 Å². The summed E-state index contributed by atoms with van der Waals surface area (Å²) in [5, 5.41) is 11.9. The maximum atomic E-state index is 12.6. The van der Waals surface area contributed by atoms with Gasteiger partial charge in [0.1, 0.15) is 11.4 Å². The number of carbonyl (C=O) groups excluding carboxylic acids is 2. The van der Waals surface area contributed by atoms with Crippen molar-refractivity contribution in [2.24, 2.45) is 0 Å².